The van der Waals surface area contributed by atoms with Crippen molar-refractivity contribution < 1.29 is 19.1 Å². The summed E-state index contributed by atoms with van der Waals surface area (Å²) in [5, 5.41) is 2.79. The number of nitrogens with zero attached hydrogens (tertiary/aromatic N) is 4. The largest absolute Gasteiger partial charge is 0.469 e. The van der Waals surface area contributed by atoms with Crippen molar-refractivity contribution in [2.24, 2.45) is 0 Å². The maximum atomic E-state index is 12.1. The molecule has 1 aromatic heterocycles. The Labute approximate surface area is 146 Å². The number of nitrogens with one attached hydrogen (secondary N) is 1. The van der Waals surface area contributed by atoms with Crippen LogP contribution in [0, 0.1) is 0 Å². The van der Waals surface area contributed by atoms with Gasteiger partial charge < -0.3 is 19.7 Å². The molecule has 2 aliphatic heterocycles. The second-order valence-corrected chi connectivity index (χ2v) is 6.05. The first-order chi connectivity index (χ1) is 12.2. The minimum atomic E-state index is -0.528. The number of carbonyl (C=O) groups excluding carboxylic acids is 2. The zero-order valence-corrected chi connectivity index (χ0v) is 14.3. The fourth-order valence-corrected chi connectivity index (χ4v) is 3.01. The lowest BCUT2D eigenvalue weighted by Gasteiger charge is -2.34. The molecular weight excluding hydrogens is 326 g/mol. The van der Waals surface area contributed by atoms with E-state index in [1.165, 1.54) is 7.11 Å². The van der Waals surface area contributed by atoms with Crippen molar-refractivity contribution in [2.75, 3.05) is 51.4 Å². The van der Waals surface area contributed by atoms with Gasteiger partial charge in [0, 0.05) is 50.7 Å². The summed E-state index contributed by atoms with van der Waals surface area (Å²) in [6, 6.07) is -0.528. The summed E-state index contributed by atoms with van der Waals surface area (Å²) in [5.41, 5.74) is 0.904. The second kappa shape index (κ2) is 8.21. The summed E-state index contributed by atoms with van der Waals surface area (Å²) < 4.78 is 10.0. The maximum Gasteiger partial charge on any atom is 0.307 e. The lowest BCUT2D eigenvalue weighted by atomic mass is 10.1. The molecule has 2 fully saturated rings. The first-order valence-electron chi connectivity index (χ1n) is 8.39. The molecule has 2 aliphatic rings. The fourth-order valence-electron chi connectivity index (χ4n) is 3.01. The minimum absolute atomic E-state index is 0.0368. The Morgan fingerprint density at radius 3 is 2.72 bits per heavy atom. The third-order valence-electron chi connectivity index (χ3n) is 4.40. The number of ether oxygens (including phenoxy) is 2. The predicted octanol–water partition coefficient (Wildman–Crippen LogP) is -0.823. The van der Waals surface area contributed by atoms with Gasteiger partial charge in [-0.1, -0.05) is 0 Å². The number of hydrogen-bond donors (Lipinski definition) is 1. The number of amides is 1. The zero-order valence-electron chi connectivity index (χ0n) is 14.3. The monoisotopic (exact) mass is 349 g/mol. The first kappa shape index (κ1) is 17.6. The number of rotatable bonds is 5. The van der Waals surface area contributed by atoms with Gasteiger partial charge >= 0.3 is 5.97 Å². The van der Waals surface area contributed by atoms with Crippen LogP contribution in [-0.2, 0) is 25.6 Å². The van der Waals surface area contributed by atoms with E-state index in [0.717, 1.165) is 18.7 Å². The number of esters is 1. The van der Waals surface area contributed by atoms with Crippen molar-refractivity contribution in [1.82, 2.24) is 20.2 Å². The number of morpholine rings is 1. The number of carbonyl (C=O) groups is 2. The van der Waals surface area contributed by atoms with Crippen molar-refractivity contribution in [2.45, 2.75) is 19.0 Å². The molecule has 3 rings (SSSR count). The van der Waals surface area contributed by atoms with E-state index >= 15 is 0 Å². The van der Waals surface area contributed by atoms with Gasteiger partial charge in [-0.2, -0.15) is 0 Å². The van der Waals surface area contributed by atoms with Gasteiger partial charge in [0.2, 0.25) is 11.9 Å². The standard InChI is InChI=1S/C16H23N5O4/c1-24-14(22)8-13-15(23)17-2-3-21(13)11-12-9-18-16(19-10-12)20-4-6-25-7-5-20/h9-10,13H,2-8,11H2,1H3,(H,17,23)/t13-/m1/s1. The quantitative estimate of drug-likeness (QED) is 0.689. The molecule has 0 aromatic carbocycles. The van der Waals surface area contributed by atoms with E-state index in [9.17, 15) is 9.59 Å². The molecule has 0 saturated carbocycles. The van der Waals surface area contributed by atoms with Gasteiger partial charge in [-0.25, -0.2) is 9.97 Å². The molecule has 1 atom stereocenters. The highest BCUT2D eigenvalue weighted by molar-refractivity contribution is 5.87. The number of piperazine rings is 1. The van der Waals surface area contributed by atoms with Crippen LogP contribution in [-0.4, -0.2) is 79.3 Å². The maximum absolute atomic E-state index is 12.1. The van der Waals surface area contributed by atoms with Gasteiger partial charge in [-0.15, -0.1) is 0 Å². The molecule has 0 spiro atoms. The van der Waals surface area contributed by atoms with Crippen LogP contribution in [0.5, 0.6) is 0 Å². The van der Waals surface area contributed by atoms with Crippen LogP contribution in [0.15, 0.2) is 12.4 Å². The van der Waals surface area contributed by atoms with Crippen molar-refractivity contribution in [3.8, 4) is 0 Å². The smallest absolute Gasteiger partial charge is 0.307 e. The van der Waals surface area contributed by atoms with Crippen molar-refractivity contribution in [3.05, 3.63) is 18.0 Å². The SMILES string of the molecule is COC(=O)C[C@@H]1C(=O)NCCN1Cc1cnc(N2CCOCC2)nc1. The Morgan fingerprint density at radius 1 is 1.32 bits per heavy atom. The summed E-state index contributed by atoms with van der Waals surface area (Å²) >= 11 is 0. The Hall–Kier alpha value is -2.26. The number of methoxy groups -OCH3 is 1. The molecule has 0 bridgehead atoms. The molecule has 1 aromatic rings. The molecule has 0 radical (unpaired) electrons. The highest BCUT2D eigenvalue weighted by Crippen LogP contribution is 2.15. The number of hydrogen-bond acceptors (Lipinski definition) is 8. The second-order valence-electron chi connectivity index (χ2n) is 6.05. The normalized spacial score (nSPS) is 21.7. The number of anilines is 1. The fraction of sp³-hybridized carbons (Fsp3) is 0.625. The minimum Gasteiger partial charge on any atom is -0.469 e. The van der Waals surface area contributed by atoms with Gasteiger partial charge in [0.05, 0.1) is 26.7 Å². The van der Waals surface area contributed by atoms with Crippen LogP contribution >= 0.6 is 0 Å². The van der Waals surface area contributed by atoms with Gasteiger partial charge in [0.15, 0.2) is 0 Å². The number of aromatic nitrogens is 2. The van der Waals surface area contributed by atoms with Gasteiger partial charge in [-0.05, 0) is 0 Å². The van der Waals surface area contributed by atoms with Crippen LogP contribution in [0.3, 0.4) is 0 Å². The van der Waals surface area contributed by atoms with Crippen molar-refractivity contribution in [3.63, 3.8) is 0 Å². The van der Waals surface area contributed by atoms with Crippen molar-refractivity contribution >= 4 is 17.8 Å². The predicted molar refractivity (Wildman–Crippen MR) is 88.9 cm³/mol. The molecule has 3 heterocycles. The summed E-state index contributed by atoms with van der Waals surface area (Å²) in [7, 11) is 1.33. The molecule has 9 nitrogen and oxygen atoms in total. The average molecular weight is 349 g/mol. The van der Waals surface area contributed by atoms with E-state index in [-0.39, 0.29) is 12.3 Å². The summed E-state index contributed by atoms with van der Waals surface area (Å²) in [4.78, 5) is 36.6. The van der Waals surface area contributed by atoms with E-state index < -0.39 is 12.0 Å². The molecule has 9 heteroatoms. The molecule has 25 heavy (non-hydrogen) atoms. The van der Waals surface area contributed by atoms with Gasteiger partial charge in [-0.3, -0.25) is 14.5 Å². The Kier molecular flexibility index (Phi) is 5.77. The first-order valence-corrected chi connectivity index (χ1v) is 8.39. The van der Waals surface area contributed by atoms with E-state index in [4.69, 9.17) is 9.47 Å². The molecular formula is C16H23N5O4. The summed E-state index contributed by atoms with van der Waals surface area (Å²) in [6.07, 6.45) is 3.59. The highest BCUT2D eigenvalue weighted by atomic mass is 16.5. The van der Waals surface area contributed by atoms with Gasteiger partial charge in [0.25, 0.3) is 0 Å². The van der Waals surface area contributed by atoms with Crippen molar-refractivity contribution in [1.29, 1.82) is 0 Å². The van der Waals surface area contributed by atoms with Gasteiger partial charge in [0.1, 0.15) is 6.04 Å². The molecule has 0 aliphatic carbocycles. The van der Waals surface area contributed by atoms with Crippen LogP contribution in [0.4, 0.5) is 5.95 Å². The lowest BCUT2D eigenvalue weighted by Crippen LogP contribution is -2.55. The Balaban J connectivity index is 1.64. The highest BCUT2D eigenvalue weighted by Gasteiger charge is 2.32. The third kappa shape index (κ3) is 4.43. The molecule has 1 N–H and O–H groups in total. The Morgan fingerprint density at radius 2 is 2.04 bits per heavy atom. The van der Waals surface area contributed by atoms with Crippen LogP contribution in [0.2, 0.25) is 0 Å². The molecule has 0 unspecified atom stereocenters. The summed E-state index contributed by atoms with van der Waals surface area (Å²) in [5.74, 6) is 0.142. The van der Waals surface area contributed by atoms with Crippen LogP contribution in [0.1, 0.15) is 12.0 Å². The summed E-state index contributed by atoms with van der Waals surface area (Å²) in [6.45, 7) is 4.67. The Bertz CT molecular complexity index is 603. The van der Waals surface area contributed by atoms with Crippen LogP contribution in [0.25, 0.3) is 0 Å². The van der Waals surface area contributed by atoms with E-state index in [1.54, 1.807) is 12.4 Å². The molecule has 1 amide bonds. The zero-order chi connectivity index (χ0) is 17.6. The average Bonchev–Trinajstić information content (AvgIpc) is 2.65. The topological polar surface area (TPSA) is 96.9 Å². The van der Waals surface area contributed by atoms with Crippen LogP contribution < -0.4 is 10.2 Å². The van der Waals surface area contributed by atoms with E-state index in [2.05, 4.69) is 20.2 Å². The lowest BCUT2D eigenvalue weighted by molar-refractivity contribution is -0.146. The molecule has 2 saturated heterocycles. The van der Waals surface area contributed by atoms with E-state index in [0.29, 0.717) is 38.8 Å². The molecule has 136 valence electrons. The van der Waals surface area contributed by atoms with E-state index in [1.807, 2.05) is 4.90 Å². The third-order valence-corrected chi connectivity index (χ3v) is 4.40.